The lowest BCUT2D eigenvalue weighted by Crippen LogP contribution is -2.49. The molecule has 1 aromatic heterocycles. The molecule has 3 N–H and O–H groups in total. The summed E-state index contributed by atoms with van der Waals surface area (Å²) >= 11 is 0. The molecule has 1 amide bonds. The second-order valence-corrected chi connectivity index (χ2v) is 4.58. The van der Waals surface area contributed by atoms with Crippen LogP contribution in [0.15, 0.2) is 0 Å². The standard InChI is InChI=1S/C10H16N4O3/c1-5(2)6-11-7(14-13-6)8(15)12-10(3,4)9(16)17/h5H,1-4H3,(H,12,15)(H,16,17)(H,11,13,14). The predicted molar refractivity (Wildman–Crippen MR) is 59.7 cm³/mol. The highest BCUT2D eigenvalue weighted by Crippen LogP contribution is 2.08. The molecule has 0 unspecified atom stereocenters. The fourth-order valence-corrected chi connectivity index (χ4v) is 1.03. The van der Waals surface area contributed by atoms with Crippen LogP contribution >= 0.6 is 0 Å². The van der Waals surface area contributed by atoms with Gasteiger partial charge in [-0.05, 0) is 13.8 Å². The van der Waals surface area contributed by atoms with E-state index in [1.165, 1.54) is 13.8 Å². The van der Waals surface area contributed by atoms with Gasteiger partial charge in [0.1, 0.15) is 11.4 Å². The van der Waals surface area contributed by atoms with Crippen molar-refractivity contribution in [3.05, 3.63) is 11.6 Å². The number of aliphatic carboxylic acids is 1. The quantitative estimate of drug-likeness (QED) is 0.711. The van der Waals surface area contributed by atoms with Crippen molar-refractivity contribution in [1.82, 2.24) is 20.5 Å². The Morgan fingerprint density at radius 2 is 2.00 bits per heavy atom. The van der Waals surface area contributed by atoms with E-state index in [4.69, 9.17) is 5.11 Å². The molecule has 0 aliphatic rings. The Bertz CT molecular complexity index is 437. The number of hydrogen-bond donors (Lipinski definition) is 3. The average molecular weight is 240 g/mol. The first-order valence-corrected chi connectivity index (χ1v) is 5.22. The molecule has 1 rings (SSSR count). The molecule has 94 valence electrons. The summed E-state index contributed by atoms with van der Waals surface area (Å²) in [5.74, 6) is -1.08. The maximum Gasteiger partial charge on any atom is 0.328 e. The highest BCUT2D eigenvalue weighted by atomic mass is 16.4. The lowest BCUT2D eigenvalue weighted by Gasteiger charge is -2.19. The van der Waals surface area contributed by atoms with Gasteiger partial charge in [0.25, 0.3) is 5.91 Å². The molecule has 0 bridgehead atoms. The number of nitrogens with one attached hydrogen (secondary N) is 2. The molecule has 0 fully saturated rings. The number of aromatic nitrogens is 3. The third-order valence-electron chi connectivity index (χ3n) is 2.21. The zero-order chi connectivity index (χ0) is 13.2. The molecule has 7 heteroatoms. The molecule has 0 spiro atoms. The average Bonchev–Trinajstić information content (AvgIpc) is 2.65. The van der Waals surface area contributed by atoms with Gasteiger partial charge in [0.05, 0.1) is 0 Å². The highest BCUT2D eigenvalue weighted by molar-refractivity contribution is 5.94. The van der Waals surface area contributed by atoms with Crippen molar-refractivity contribution in [2.24, 2.45) is 0 Å². The van der Waals surface area contributed by atoms with Gasteiger partial charge in [-0.1, -0.05) is 13.8 Å². The van der Waals surface area contributed by atoms with E-state index in [2.05, 4.69) is 20.5 Å². The molecular weight excluding hydrogens is 224 g/mol. The molecule has 0 atom stereocenters. The monoisotopic (exact) mass is 240 g/mol. The number of rotatable bonds is 4. The first kappa shape index (κ1) is 13.1. The minimum atomic E-state index is -1.35. The van der Waals surface area contributed by atoms with E-state index in [1.54, 1.807) is 0 Å². The number of carboxylic acid groups (broad SMARTS) is 1. The zero-order valence-electron chi connectivity index (χ0n) is 10.2. The van der Waals surface area contributed by atoms with Crippen LogP contribution in [0.1, 0.15) is 50.1 Å². The van der Waals surface area contributed by atoms with Crippen molar-refractivity contribution in [3.8, 4) is 0 Å². The Labute approximate surface area is 98.6 Å². The number of carboxylic acids is 1. The lowest BCUT2D eigenvalue weighted by atomic mass is 10.1. The third-order valence-corrected chi connectivity index (χ3v) is 2.21. The van der Waals surface area contributed by atoms with E-state index in [0.29, 0.717) is 5.82 Å². The number of carbonyl (C=O) groups is 2. The normalized spacial score (nSPS) is 11.6. The Morgan fingerprint density at radius 3 is 2.41 bits per heavy atom. The second-order valence-electron chi connectivity index (χ2n) is 4.58. The minimum Gasteiger partial charge on any atom is -0.480 e. The van der Waals surface area contributed by atoms with Crippen LogP contribution in [0, 0.1) is 0 Å². The van der Waals surface area contributed by atoms with E-state index in [-0.39, 0.29) is 11.7 Å². The number of carbonyl (C=O) groups excluding carboxylic acids is 1. The van der Waals surface area contributed by atoms with Gasteiger partial charge in [-0.3, -0.25) is 9.89 Å². The molecule has 1 aromatic rings. The van der Waals surface area contributed by atoms with Crippen molar-refractivity contribution in [2.75, 3.05) is 0 Å². The fraction of sp³-hybridized carbons (Fsp3) is 0.600. The van der Waals surface area contributed by atoms with Crippen LogP contribution in [0.4, 0.5) is 0 Å². The Kier molecular flexibility index (Phi) is 3.50. The van der Waals surface area contributed by atoms with Crippen LogP contribution in [0.3, 0.4) is 0 Å². The molecule has 1 heterocycles. The molecule has 0 saturated carbocycles. The third kappa shape index (κ3) is 3.02. The summed E-state index contributed by atoms with van der Waals surface area (Å²) in [6.07, 6.45) is 0. The fourth-order valence-electron chi connectivity index (χ4n) is 1.03. The van der Waals surface area contributed by atoms with Gasteiger partial charge in [0.2, 0.25) is 5.82 Å². The van der Waals surface area contributed by atoms with Gasteiger partial charge in [-0.2, -0.15) is 0 Å². The van der Waals surface area contributed by atoms with Crippen LogP contribution in [0.2, 0.25) is 0 Å². The van der Waals surface area contributed by atoms with Gasteiger partial charge in [-0.25, -0.2) is 9.78 Å². The van der Waals surface area contributed by atoms with Crippen LogP contribution < -0.4 is 5.32 Å². The van der Waals surface area contributed by atoms with Crippen molar-refractivity contribution in [1.29, 1.82) is 0 Å². The Balaban J connectivity index is 2.80. The minimum absolute atomic E-state index is 0.0528. The van der Waals surface area contributed by atoms with E-state index in [0.717, 1.165) is 0 Å². The number of amides is 1. The summed E-state index contributed by atoms with van der Waals surface area (Å²) in [7, 11) is 0. The van der Waals surface area contributed by atoms with E-state index in [1.807, 2.05) is 13.8 Å². The Hall–Kier alpha value is -1.92. The van der Waals surface area contributed by atoms with E-state index >= 15 is 0 Å². The summed E-state index contributed by atoms with van der Waals surface area (Å²) in [5.41, 5.74) is -1.35. The second kappa shape index (κ2) is 4.52. The topological polar surface area (TPSA) is 108 Å². The summed E-state index contributed by atoms with van der Waals surface area (Å²) < 4.78 is 0. The van der Waals surface area contributed by atoms with Crippen LogP contribution in [-0.4, -0.2) is 37.7 Å². The van der Waals surface area contributed by atoms with Gasteiger partial charge in [-0.15, -0.1) is 5.10 Å². The van der Waals surface area contributed by atoms with Crippen molar-refractivity contribution < 1.29 is 14.7 Å². The molecule has 0 saturated heterocycles. The highest BCUT2D eigenvalue weighted by Gasteiger charge is 2.30. The predicted octanol–water partition coefficient (Wildman–Crippen LogP) is 0.521. The molecule has 7 nitrogen and oxygen atoms in total. The number of nitrogens with zero attached hydrogens (tertiary/aromatic N) is 2. The van der Waals surface area contributed by atoms with Crippen LogP contribution in [0.5, 0.6) is 0 Å². The summed E-state index contributed by atoms with van der Waals surface area (Å²) in [5, 5.41) is 17.6. The molecule has 0 aliphatic heterocycles. The molecule has 0 radical (unpaired) electrons. The maximum atomic E-state index is 11.7. The zero-order valence-corrected chi connectivity index (χ0v) is 10.2. The Morgan fingerprint density at radius 1 is 1.41 bits per heavy atom. The summed E-state index contributed by atoms with van der Waals surface area (Å²) in [4.78, 5) is 26.5. The molecule has 17 heavy (non-hydrogen) atoms. The molecule has 0 aliphatic carbocycles. The van der Waals surface area contributed by atoms with Gasteiger partial charge < -0.3 is 10.4 Å². The number of H-pyrrole nitrogens is 1. The maximum absolute atomic E-state index is 11.7. The lowest BCUT2D eigenvalue weighted by molar-refractivity contribution is -0.143. The largest absolute Gasteiger partial charge is 0.480 e. The smallest absolute Gasteiger partial charge is 0.328 e. The first-order valence-electron chi connectivity index (χ1n) is 5.22. The molecule has 0 aromatic carbocycles. The summed E-state index contributed by atoms with van der Waals surface area (Å²) in [6.45, 7) is 6.60. The van der Waals surface area contributed by atoms with Crippen molar-refractivity contribution in [3.63, 3.8) is 0 Å². The van der Waals surface area contributed by atoms with Crippen molar-refractivity contribution in [2.45, 2.75) is 39.2 Å². The van der Waals surface area contributed by atoms with E-state index in [9.17, 15) is 9.59 Å². The number of aromatic amines is 1. The van der Waals surface area contributed by atoms with Crippen molar-refractivity contribution >= 4 is 11.9 Å². The SMILES string of the molecule is CC(C)c1nc(C(=O)NC(C)(C)C(=O)O)n[nH]1. The summed E-state index contributed by atoms with van der Waals surface area (Å²) in [6, 6.07) is 0. The first-order chi connectivity index (χ1) is 7.74. The van der Waals surface area contributed by atoms with E-state index < -0.39 is 17.4 Å². The van der Waals surface area contributed by atoms with Crippen LogP contribution in [0.25, 0.3) is 0 Å². The number of hydrogen-bond acceptors (Lipinski definition) is 4. The molecular formula is C10H16N4O3. The van der Waals surface area contributed by atoms with Gasteiger partial charge in [0, 0.05) is 5.92 Å². The van der Waals surface area contributed by atoms with Gasteiger partial charge in [0.15, 0.2) is 0 Å². The van der Waals surface area contributed by atoms with Crippen LogP contribution in [-0.2, 0) is 4.79 Å². The van der Waals surface area contributed by atoms with Gasteiger partial charge >= 0.3 is 5.97 Å².